The molecule has 0 aromatic rings. The van der Waals surface area contributed by atoms with Crippen molar-refractivity contribution < 1.29 is 4.21 Å². The van der Waals surface area contributed by atoms with Crippen molar-refractivity contribution in [3.05, 3.63) is 0 Å². The van der Waals surface area contributed by atoms with Crippen molar-refractivity contribution in [1.29, 1.82) is 0 Å². The molecule has 2 nitrogen and oxygen atoms in total. The van der Waals surface area contributed by atoms with E-state index >= 15 is 0 Å². The molecule has 50 valence electrons. The average Bonchev–Trinajstić information content (AvgIpc) is 1.65. The lowest BCUT2D eigenvalue weighted by molar-refractivity contribution is 0.649. The highest BCUT2D eigenvalue weighted by Crippen LogP contribution is 1.81. The normalized spacial score (nSPS) is 17.9. The van der Waals surface area contributed by atoms with E-state index in [1.165, 1.54) is 0 Å². The van der Waals surface area contributed by atoms with Gasteiger partial charge in [0.1, 0.15) is 0 Å². The second-order valence-electron chi connectivity index (χ2n) is 1.93. The van der Waals surface area contributed by atoms with Crippen LogP contribution in [-0.2, 0) is 10.8 Å². The fourth-order valence-corrected chi connectivity index (χ4v) is 1.31. The van der Waals surface area contributed by atoms with Crippen LogP contribution in [0.3, 0.4) is 0 Å². The third-order valence-corrected chi connectivity index (χ3v) is 1.95. The van der Waals surface area contributed by atoms with Gasteiger partial charge >= 0.3 is 0 Å². The van der Waals surface area contributed by atoms with Gasteiger partial charge in [0, 0.05) is 28.9 Å². The van der Waals surface area contributed by atoms with Gasteiger partial charge in [-0.15, -0.1) is 0 Å². The molecule has 2 atom stereocenters. The minimum atomic E-state index is -0.658. The Morgan fingerprint density at radius 1 is 1.75 bits per heavy atom. The monoisotopic (exact) mass is 135 g/mol. The number of rotatable bonds is 3. The summed E-state index contributed by atoms with van der Waals surface area (Å²) < 4.78 is 10.5. The van der Waals surface area contributed by atoms with Gasteiger partial charge < -0.3 is 5.32 Å². The first-order valence-electron chi connectivity index (χ1n) is 2.64. The lowest BCUT2D eigenvalue weighted by atomic mass is 10.4. The van der Waals surface area contributed by atoms with E-state index in [0.29, 0.717) is 6.04 Å². The topological polar surface area (TPSA) is 29.1 Å². The molecule has 0 aliphatic rings. The van der Waals surface area contributed by atoms with Gasteiger partial charge in [0.25, 0.3) is 0 Å². The molecule has 1 N–H and O–H groups in total. The Kier molecular flexibility index (Phi) is 4.09. The van der Waals surface area contributed by atoms with Gasteiger partial charge in [0.05, 0.1) is 0 Å². The predicted molar refractivity (Wildman–Crippen MR) is 37.5 cm³/mol. The standard InChI is InChI=1S/C5H13NOS/c1-5(6-2)4-8(3)7/h5-6H,4H2,1-3H3/t5-,8+/m1/s1. The average molecular weight is 135 g/mol. The summed E-state index contributed by atoms with van der Waals surface area (Å²) >= 11 is 0. The van der Waals surface area contributed by atoms with Crippen LogP contribution in [-0.4, -0.2) is 29.3 Å². The van der Waals surface area contributed by atoms with Crippen molar-refractivity contribution in [1.82, 2.24) is 5.32 Å². The molecule has 0 amide bonds. The summed E-state index contributed by atoms with van der Waals surface area (Å²) in [6.07, 6.45) is 1.72. The molecular weight excluding hydrogens is 122 g/mol. The van der Waals surface area contributed by atoms with E-state index in [2.05, 4.69) is 5.32 Å². The maximum atomic E-state index is 10.5. The van der Waals surface area contributed by atoms with E-state index in [9.17, 15) is 4.21 Å². The van der Waals surface area contributed by atoms with Crippen LogP contribution in [0.1, 0.15) is 6.92 Å². The number of hydrogen-bond acceptors (Lipinski definition) is 2. The first-order chi connectivity index (χ1) is 3.66. The van der Waals surface area contributed by atoms with E-state index in [4.69, 9.17) is 0 Å². The van der Waals surface area contributed by atoms with Crippen molar-refractivity contribution >= 4 is 10.8 Å². The quantitative estimate of drug-likeness (QED) is 0.589. The zero-order valence-electron chi connectivity index (χ0n) is 5.60. The van der Waals surface area contributed by atoms with Crippen LogP contribution in [0.5, 0.6) is 0 Å². The highest BCUT2D eigenvalue weighted by Gasteiger charge is 1.97. The van der Waals surface area contributed by atoms with Crippen molar-refractivity contribution in [3.8, 4) is 0 Å². The van der Waals surface area contributed by atoms with Crippen LogP contribution in [0.15, 0.2) is 0 Å². The lowest BCUT2D eigenvalue weighted by Crippen LogP contribution is -2.26. The minimum Gasteiger partial charge on any atom is -0.316 e. The Bertz CT molecular complexity index is 84.5. The maximum Gasteiger partial charge on any atom is 0.0383 e. The molecule has 0 bridgehead atoms. The lowest BCUT2D eigenvalue weighted by Gasteiger charge is -2.05. The van der Waals surface area contributed by atoms with E-state index in [1.807, 2.05) is 14.0 Å². The highest BCUT2D eigenvalue weighted by atomic mass is 32.2. The Labute approximate surface area is 53.1 Å². The first kappa shape index (κ1) is 8.11. The minimum absolute atomic E-state index is 0.376. The fourth-order valence-electron chi connectivity index (χ4n) is 0.435. The predicted octanol–water partition coefficient (Wildman–Crippen LogP) is -0.0272. The molecule has 0 saturated carbocycles. The van der Waals surface area contributed by atoms with Gasteiger partial charge in [0.2, 0.25) is 0 Å². The van der Waals surface area contributed by atoms with E-state index in [-0.39, 0.29) is 0 Å². The van der Waals surface area contributed by atoms with Crippen molar-refractivity contribution in [2.75, 3.05) is 19.1 Å². The molecule has 3 heteroatoms. The Morgan fingerprint density at radius 3 is 2.38 bits per heavy atom. The van der Waals surface area contributed by atoms with E-state index < -0.39 is 10.8 Å². The summed E-state index contributed by atoms with van der Waals surface area (Å²) in [7, 11) is 1.21. The van der Waals surface area contributed by atoms with Gasteiger partial charge in [0.15, 0.2) is 0 Å². The van der Waals surface area contributed by atoms with Gasteiger partial charge in [-0.1, -0.05) is 0 Å². The van der Waals surface area contributed by atoms with Gasteiger partial charge in [-0.25, -0.2) is 0 Å². The summed E-state index contributed by atoms with van der Waals surface area (Å²) in [5.41, 5.74) is 0. The molecule has 0 aromatic carbocycles. The third kappa shape index (κ3) is 4.27. The van der Waals surface area contributed by atoms with Crippen LogP contribution < -0.4 is 5.32 Å². The molecule has 0 aliphatic heterocycles. The molecule has 0 heterocycles. The van der Waals surface area contributed by atoms with Crippen LogP contribution in [0.2, 0.25) is 0 Å². The molecule has 8 heavy (non-hydrogen) atoms. The smallest absolute Gasteiger partial charge is 0.0383 e. The summed E-state index contributed by atoms with van der Waals surface area (Å²) in [5, 5.41) is 3.00. The Morgan fingerprint density at radius 2 is 2.25 bits per heavy atom. The third-order valence-electron chi connectivity index (χ3n) is 0.978. The molecule has 0 spiro atoms. The number of hydrogen-bond donors (Lipinski definition) is 1. The summed E-state index contributed by atoms with van der Waals surface area (Å²) in [6, 6.07) is 0.376. The summed E-state index contributed by atoms with van der Waals surface area (Å²) in [6.45, 7) is 2.02. The molecule has 0 rings (SSSR count). The fraction of sp³-hybridized carbons (Fsp3) is 1.00. The van der Waals surface area contributed by atoms with Gasteiger partial charge in [-0.3, -0.25) is 4.21 Å². The molecule has 0 fully saturated rings. The second-order valence-corrected chi connectivity index (χ2v) is 3.41. The zero-order chi connectivity index (χ0) is 6.57. The maximum absolute atomic E-state index is 10.5. The van der Waals surface area contributed by atoms with Gasteiger partial charge in [-0.05, 0) is 14.0 Å². The van der Waals surface area contributed by atoms with Crippen molar-refractivity contribution in [2.24, 2.45) is 0 Å². The summed E-state index contributed by atoms with van der Waals surface area (Å²) in [4.78, 5) is 0. The number of nitrogens with one attached hydrogen (secondary N) is 1. The van der Waals surface area contributed by atoms with Crippen LogP contribution in [0.25, 0.3) is 0 Å². The van der Waals surface area contributed by atoms with Crippen LogP contribution >= 0.6 is 0 Å². The highest BCUT2D eigenvalue weighted by molar-refractivity contribution is 7.84. The molecule has 0 radical (unpaired) electrons. The molecule has 0 saturated heterocycles. The van der Waals surface area contributed by atoms with Gasteiger partial charge in [-0.2, -0.15) is 0 Å². The molecular formula is C5H13NOS. The Hall–Kier alpha value is 0.110. The zero-order valence-corrected chi connectivity index (χ0v) is 6.42. The Balaban J connectivity index is 3.24. The first-order valence-corrected chi connectivity index (χ1v) is 4.37. The van der Waals surface area contributed by atoms with Crippen molar-refractivity contribution in [3.63, 3.8) is 0 Å². The van der Waals surface area contributed by atoms with E-state index in [0.717, 1.165) is 5.75 Å². The molecule has 0 unspecified atom stereocenters. The molecule has 0 aliphatic carbocycles. The van der Waals surface area contributed by atoms with Crippen LogP contribution in [0, 0.1) is 0 Å². The van der Waals surface area contributed by atoms with Crippen molar-refractivity contribution in [2.45, 2.75) is 13.0 Å². The second kappa shape index (κ2) is 4.04. The van der Waals surface area contributed by atoms with E-state index in [1.54, 1.807) is 6.26 Å². The summed E-state index contributed by atoms with van der Waals surface area (Å²) in [5.74, 6) is 0.747. The SMILES string of the molecule is CN[C@H](C)C[S@](C)=O. The molecule has 0 aromatic heterocycles. The largest absolute Gasteiger partial charge is 0.316 e. The van der Waals surface area contributed by atoms with Crippen LogP contribution in [0.4, 0.5) is 0 Å².